The van der Waals surface area contributed by atoms with Gasteiger partial charge in [0.1, 0.15) is 11.6 Å². The molecule has 10 heteroatoms. The van der Waals surface area contributed by atoms with Crippen LogP contribution in [0.25, 0.3) is 0 Å². The van der Waals surface area contributed by atoms with Gasteiger partial charge in [0.05, 0.1) is 33.5 Å². The lowest BCUT2D eigenvalue weighted by Crippen LogP contribution is -2.14. The minimum Gasteiger partial charge on any atom is -0.493 e. The molecule has 0 unspecified atom stereocenters. The Hall–Kier alpha value is -3.43. The van der Waals surface area contributed by atoms with Gasteiger partial charge in [0.2, 0.25) is 5.91 Å². The van der Waals surface area contributed by atoms with E-state index in [1.54, 1.807) is 37.3 Å². The molecule has 0 aliphatic heterocycles. The second kappa shape index (κ2) is 10.3. The van der Waals surface area contributed by atoms with Crippen molar-refractivity contribution in [1.82, 2.24) is 0 Å². The van der Waals surface area contributed by atoms with E-state index in [4.69, 9.17) is 22.1 Å². The topological polar surface area (TPSA) is 111 Å². The molecule has 166 valence electrons. The number of thiophene rings is 1. The van der Waals surface area contributed by atoms with Gasteiger partial charge in [-0.1, -0.05) is 11.6 Å². The van der Waals surface area contributed by atoms with Crippen LogP contribution in [0, 0.1) is 12.7 Å². The van der Waals surface area contributed by atoms with E-state index in [1.165, 1.54) is 6.07 Å². The lowest BCUT2D eigenvalue weighted by Gasteiger charge is -2.07. The fourth-order valence-corrected chi connectivity index (χ4v) is 3.93. The van der Waals surface area contributed by atoms with Gasteiger partial charge in [-0.3, -0.25) is 14.4 Å². The van der Waals surface area contributed by atoms with Crippen LogP contribution in [0.5, 0.6) is 5.75 Å². The molecule has 0 aliphatic carbocycles. The van der Waals surface area contributed by atoms with Crippen molar-refractivity contribution >= 4 is 51.3 Å². The fourth-order valence-electron chi connectivity index (χ4n) is 2.71. The molecule has 1 heterocycles. The minimum atomic E-state index is -0.539. The number of rotatable bonds is 8. The van der Waals surface area contributed by atoms with Gasteiger partial charge >= 0.3 is 0 Å². The first-order valence-electron chi connectivity index (χ1n) is 9.42. The first-order valence-corrected chi connectivity index (χ1v) is 10.6. The first kappa shape index (κ1) is 23.2. The second-order valence-corrected chi connectivity index (χ2v) is 8.20. The molecule has 0 radical (unpaired) electrons. The largest absolute Gasteiger partial charge is 0.493 e. The highest BCUT2D eigenvalue weighted by molar-refractivity contribution is 7.18. The highest BCUT2D eigenvalue weighted by atomic mass is 35.5. The van der Waals surface area contributed by atoms with E-state index in [0.29, 0.717) is 26.9 Å². The normalized spacial score (nSPS) is 10.5. The van der Waals surface area contributed by atoms with Gasteiger partial charge in [-0.05, 0) is 61.0 Å². The standard InChI is InChI=1S/C22H19ClFN3O4S/c1-12-10-19(27-21(29)16-7-2-13(24)11-17(16)23)32-20(12)22(30)26-14-3-5-15(6-4-14)31-9-8-18(25)28/h2-7,10-11H,8-9H2,1H3,(H2,25,28)(H,26,30)(H,27,29). The summed E-state index contributed by atoms with van der Waals surface area (Å²) in [7, 11) is 0. The van der Waals surface area contributed by atoms with Crippen LogP contribution >= 0.6 is 22.9 Å². The number of carbonyl (C=O) groups excluding carboxylic acids is 3. The van der Waals surface area contributed by atoms with E-state index in [0.717, 1.165) is 23.5 Å². The summed E-state index contributed by atoms with van der Waals surface area (Å²) < 4.78 is 18.6. The van der Waals surface area contributed by atoms with Gasteiger partial charge in [-0.2, -0.15) is 0 Å². The lowest BCUT2D eigenvalue weighted by molar-refractivity contribution is -0.118. The zero-order valence-corrected chi connectivity index (χ0v) is 18.5. The van der Waals surface area contributed by atoms with Crippen molar-refractivity contribution in [1.29, 1.82) is 0 Å². The quantitative estimate of drug-likeness (QED) is 0.442. The lowest BCUT2D eigenvalue weighted by atomic mass is 10.2. The van der Waals surface area contributed by atoms with E-state index in [2.05, 4.69) is 10.6 Å². The van der Waals surface area contributed by atoms with Crippen molar-refractivity contribution in [2.75, 3.05) is 17.2 Å². The van der Waals surface area contributed by atoms with E-state index < -0.39 is 17.6 Å². The summed E-state index contributed by atoms with van der Waals surface area (Å²) in [5.41, 5.74) is 6.42. The van der Waals surface area contributed by atoms with Crippen molar-refractivity contribution in [3.63, 3.8) is 0 Å². The maximum absolute atomic E-state index is 13.2. The Bertz CT molecular complexity index is 1160. The van der Waals surface area contributed by atoms with Crippen LogP contribution in [-0.2, 0) is 4.79 Å². The summed E-state index contributed by atoms with van der Waals surface area (Å²) in [6.07, 6.45) is 0.113. The third-order valence-electron chi connectivity index (χ3n) is 4.27. The molecule has 32 heavy (non-hydrogen) atoms. The number of hydrogen-bond donors (Lipinski definition) is 3. The van der Waals surface area contributed by atoms with E-state index in [-0.39, 0.29) is 29.5 Å². The average Bonchev–Trinajstić information content (AvgIpc) is 3.09. The number of hydrogen-bond acceptors (Lipinski definition) is 5. The van der Waals surface area contributed by atoms with Crippen LogP contribution in [0.1, 0.15) is 32.0 Å². The number of aryl methyl sites for hydroxylation is 1. The van der Waals surface area contributed by atoms with Crippen LogP contribution in [0.15, 0.2) is 48.5 Å². The molecule has 0 bridgehead atoms. The molecule has 3 amide bonds. The maximum atomic E-state index is 13.2. The Balaban J connectivity index is 1.63. The van der Waals surface area contributed by atoms with Crippen molar-refractivity contribution in [2.24, 2.45) is 5.73 Å². The van der Waals surface area contributed by atoms with Crippen LogP contribution < -0.4 is 21.1 Å². The van der Waals surface area contributed by atoms with Crippen LogP contribution in [0.3, 0.4) is 0 Å². The molecule has 2 aromatic carbocycles. The average molecular weight is 476 g/mol. The number of ether oxygens (including phenoxy) is 1. The number of nitrogens with one attached hydrogen (secondary N) is 2. The smallest absolute Gasteiger partial charge is 0.266 e. The molecular formula is C22H19ClFN3O4S. The van der Waals surface area contributed by atoms with Crippen LogP contribution in [0.2, 0.25) is 5.02 Å². The Morgan fingerprint density at radius 1 is 1.06 bits per heavy atom. The maximum Gasteiger partial charge on any atom is 0.266 e. The molecule has 0 aliphatic rings. The molecule has 7 nitrogen and oxygen atoms in total. The number of halogens is 2. The molecule has 3 aromatic rings. The van der Waals surface area contributed by atoms with Gasteiger partial charge in [0.25, 0.3) is 11.8 Å². The van der Waals surface area contributed by atoms with E-state index >= 15 is 0 Å². The van der Waals surface area contributed by atoms with Crippen LogP contribution in [-0.4, -0.2) is 24.3 Å². The number of amides is 3. The van der Waals surface area contributed by atoms with Gasteiger partial charge in [0, 0.05) is 5.69 Å². The molecule has 4 N–H and O–H groups in total. The zero-order valence-electron chi connectivity index (χ0n) is 16.9. The molecule has 0 saturated carbocycles. The van der Waals surface area contributed by atoms with Crippen LogP contribution in [0.4, 0.5) is 15.1 Å². The number of carbonyl (C=O) groups is 3. The van der Waals surface area contributed by atoms with Gasteiger partial charge in [-0.25, -0.2) is 4.39 Å². The van der Waals surface area contributed by atoms with Crippen molar-refractivity contribution in [3.8, 4) is 5.75 Å². The minimum absolute atomic E-state index is 0.00389. The third-order valence-corrected chi connectivity index (χ3v) is 5.73. The fraction of sp³-hybridized carbons (Fsp3) is 0.136. The van der Waals surface area contributed by atoms with Crippen molar-refractivity contribution < 1.29 is 23.5 Å². The molecule has 3 rings (SSSR count). The molecule has 0 saturated heterocycles. The summed E-state index contributed by atoms with van der Waals surface area (Å²) in [6.45, 7) is 1.93. The summed E-state index contributed by atoms with van der Waals surface area (Å²) in [6, 6.07) is 11.8. The van der Waals surface area contributed by atoms with Gasteiger partial charge in [-0.15, -0.1) is 11.3 Å². The molecule has 0 atom stereocenters. The van der Waals surface area contributed by atoms with E-state index in [1.807, 2.05) is 0 Å². The zero-order chi connectivity index (χ0) is 23.3. The molecule has 0 spiro atoms. The monoisotopic (exact) mass is 475 g/mol. The van der Waals surface area contributed by atoms with E-state index in [9.17, 15) is 18.8 Å². The number of nitrogens with two attached hydrogens (primary N) is 1. The highest BCUT2D eigenvalue weighted by Gasteiger charge is 2.17. The number of primary amides is 1. The third kappa shape index (κ3) is 6.05. The second-order valence-electron chi connectivity index (χ2n) is 6.74. The van der Waals surface area contributed by atoms with Crippen molar-refractivity contribution in [3.05, 3.63) is 75.4 Å². The first-order chi connectivity index (χ1) is 15.2. The summed E-state index contributed by atoms with van der Waals surface area (Å²) >= 11 is 7.04. The Morgan fingerprint density at radius 2 is 1.78 bits per heavy atom. The Kier molecular flexibility index (Phi) is 7.45. The highest BCUT2D eigenvalue weighted by Crippen LogP contribution is 2.29. The Morgan fingerprint density at radius 3 is 2.44 bits per heavy atom. The number of benzene rings is 2. The van der Waals surface area contributed by atoms with Crippen molar-refractivity contribution in [2.45, 2.75) is 13.3 Å². The summed E-state index contributed by atoms with van der Waals surface area (Å²) in [5.74, 6) is -1.29. The number of anilines is 2. The molecular weight excluding hydrogens is 457 g/mol. The van der Waals surface area contributed by atoms with Gasteiger partial charge < -0.3 is 21.1 Å². The van der Waals surface area contributed by atoms with Gasteiger partial charge in [0.15, 0.2) is 0 Å². The summed E-state index contributed by atoms with van der Waals surface area (Å²) in [4.78, 5) is 36.3. The SMILES string of the molecule is Cc1cc(NC(=O)c2ccc(F)cc2Cl)sc1C(=O)Nc1ccc(OCCC(N)=O)cc1. The predicted molar refractivity (Wildman–Crippen MR) is 122 cm³/mol. The molecule has 1 aromatic heterocycles. The molecule has 0 fully saturated rings. The predicted octanol–water partition coefficient (Wildman–Crippen LogP) is 4.61. The Labute approximate surface area is 192 Å². The summed E-state index contributed by atoms with van der Waals surface area (Å²) in [5, 5.41) is 5.91.